The molecule has 0 radical (unpaired) electrons. The van der Waals surface area contributed by atoms with Crippen LogP contribution in [0.4, 0.5) is 4.39 Å². The van der Waals surface area contributed by atoms with Crippen molar-refractivity contribution in [2.45, 2.75) is 20.8 Å². The van der Waals surface area contributed by atoms with Crippen molar-refractivity contribution in [1.29, 1.82) is 0 Å². The van der Waals surface area contributed by atoms with Crippen LogP contribution < -0.4 is 4.57 Å². The molecule has 0 saturated carbocycles. The molecule has 26 heavy (non-hydrogen) atoms. The molecule has 2 nitrogen and oxygen atoms in total. The molecule has 0 fully saturated rings. The maximum Gasteiger partial charge on any atom is 0.298 e. The van der Waals surface area contributed by atoms with E-state index in [0.29, 0.717) is 5.56 Å². The summed E-state index contributed by atoms with van der Waals surface area (Å²) in [7, 11) is 2.01. The number of imidazole rings is 1. The summed E-state index contributed by atoms with van der Waals surface area (Å²) in [6.45, 7) is 6.18. The largest absolute Gasteiger partial charge is 0.298 e. The fourth-order valence-corrected chi connectivity index (χ4v) is 3.89. The van der Waals surface area contributed by atoms with Crippen molar-refractivity contribution in [2.75, 3.05) is 0 Å². The predicted octanol–water partition coefficient (Wildman–Crippen LogP) is 5.19. The highest BCUT2D eigenvalue weighted by Crippen LogP contribution is 2.33. The van der Waals surface area contributed by atoms with Crippen molar-refractivity contribution < 1.29 is 8.96 Å². The van der Waals surface area contributed by atoms with Gasteiger partial charge in [-0.1, -0.05) is 42.5 Å². The Morgan fingerprint density at radius 3 is 2.08 bits per heavy atom. The Balaban J connectivity index is 2.23. The van der Waals surface area contributed by atoms with E-state index in [1.807, 2.05) is 32.2 Å². The molecule has 3 heteroatoms. The average Bonchev–Trinajstić information content (AvgIpc) is 2.89. The lowest BCUT2D eigenvalue weighted by Gasteiger charge is -2.11. The first-order valence-electron chi connectivity index (χ1n) is 8.82. The van der Waals surface area contributed by atoms with Crippen LogP contribution in [0.15, 0.2) is 60.7 Å². The van der Waals surface area contributed by atoms with E-state index in [-0.39, 0.29) is 5.82 Å². The molecule has 1 aromatic heterocycles. The van der Waals surface area contributed by atoms with Gasteiger partial charge >= 0.3 is 0 Å². The van der Waals surface area contributed by atoms with Crippen molar-refractivity contribution in [3.63, 3.8) is 0 Å². The maximum absolute atomic E-state index is 14.9. The molecule has 3 aromatic carbocycles. The quantitative estimate of drug-likeness (QED) is 0.442. The fourth-order valence-electron chi connectivity index (χ4n) is 3.89. The normalized spacial score (nSPS) is 11.3. The van der Waals surface area contributed by atoms with E-state index in [9.17, 15) is 4.39 Å². The number of halogens is 1. The van der Waals surface area contributed by atoms with Crippen LogP contribution in [0.2, 0.25) is 0 Å². The van der Waals surface area contributed by atoms with Crippen molar-refractivity contribution in [3.8, 4) is 17.1 Å². The molecule has 0 aliphatic heterocycles. The Morgan fingerprint density at radius 1 is 0.769 bits per heavy atom. The first-order chi connectivity index (χ1) is 12.5. The predicted molar refractivity (Wildman–Crippen MR) is 104 cm³/mol. The van der Waals surface area contributed by atoms with Gasteiger partial charge in [0.25, 0.3) is 5.82 Å². The van der Waals surface area contributed by atoms with Crippen LogP contribution in [0.1, 0.15) is 16.7 Å². The summed E-state index contributed by atoms with van der Waals surface area (Å²) in [6, 6.07) is 19.8. The molecule has 0 aliphatic rings. The number of nitrogens with zero attached hydrogens (tertiary/aromatic N) is 2. The number of hydrogen-bond acceptors (Lipinski definition) is 0. The molecule has 0 atom stereocenters. The van der Waals surface area contributed by atoms with Gasteiger partial charge in [0.05, 0.1) is 7.05 Å². The van der Waals surface area contributed by atoms with Gasteiger partial charge in [-0.25, -0.2) is 8.96 Å². The summed E-state index contributed by atoms with van der Waals surface area (Å²) in [5.74, 6) is 0.662. The van der Waals surface area contributed by atoms with Gasteiger partial charge in [0, 0.05) is 0 Å². The summed E-state index contributed by atoms with van der Waals surface area (Å²) >= 11 is 0. The summed E-state index contributed by atoms with van der Waals surface area (Å²) in [4.78, 5) is 0. The smallest absolute Gasteiger partial charge is 0.225 e. The number of aryl methyl sites for hydroxylation is 4. The number of rotatable bonds is 2. The summed E-state index contributed by atoms with van der Waals surface area (Å²) in [5.41, 5.74) is 7.17. The van der Waals surface area contributed by atoms with Gasteiger partial charge in [-0.3, -0.25) is 0 Å². The van der Waals surface area contributed by atoms with Gasteiger partial charge < -0.3 is 0 Å². The molecule has 0 N–H and O–H groups in total. The summed E-state index contributed by atoms with van der Waals surface area (Å²) in [5, 5.41) is 0. The second-order valence-corrected chi connectivity index (χ2v) is 6.88. The van der Waals surface area contributed by atoms with Crippen LogP contribution in [0, 0.1) is 26.6 Å². The minimum Gasteiger partial charge on any atom is -0.225 e. The molecule has 0 aliphatic carbocycles. The van der Waals surface area contributed by atoms with E-state index in [1.165, 1.54) is 17.2 Å². The standard InChI is InChI=1S/C23H22FN2/c1-15-9-8-12-18(24)21(15)23-25(4)19-13-5-6-14-20(19)26(23)22-16(2)10-7-11-17(22)3/h5-14H,1-4H3/q+1. The highest BCUT2D eigenvalue weighted by molar-refractivity contribution is 5.80. The third kappa shape index (κ3) is 2.35. The van der Waals surface area contributed by atoms with Gasteiger partial charge in [-0.15, -0.1) is 0 Å². The number of benzene rings is 3. The van der Waals surface area contributed by atoms with Gasteiger partial charge in [0.2, 0.25) is 0 Å². The van der Waals surface area contributed by atoms with Crippen LogP contribution in [0.3, 0.4) is 0 Å². The molecular weight excluding hydrogens is 323 g/mol. The highest BCUT2D eigenvalue weighted by Gasteiger charge is 2.30. The molecule has 0 amide bonds. The third-order valence-corrected chi connectivity index (χ3v) is 5.12. The second kappa shape index (κ2) is 6.10. The molecule has 0 spiro atoms. The SMILES string of the molecule is Cc1cccc(F)c1-c1n(-c2c(C)cccc2C)c2ccccc2[n+]1C. The van der Waals surface area contributed by atoms with E-state index < -0.39 is 0 Å². The molecule has 1 heterocycles. The van der Waals surface area contributed by atoms with Crippen LogP contribution in [0.25, 0.3) is 28.1 Å². The van der Waals surface area contributed by atoms with Gasteiger partial charge in [-0.2, -0.15) is 4.57 Å². The number of fused-ring (bicyclic) bond motifs is 1. The van der Waals surface area contributed by atoms with Crippen LogP contribution in [0.5, 0.6) is 0 Å². The minimum absolute atomic E-state index is 0.198. The van der Waals surface area contributed by atoms with E-state index >= 15 is 0 Å². The number of para-hydroxylation sites is 3. The number of aromatic nitrogens is 2. The Bertz CT molecular complexity index is 1100. The lowest BCUT2D eigenvalue weighted by molar-refractivity contribution is -0.633. The molecule has 130 valence electrons. The molecule has 4 rings (SSSR count). The Labute approximate surface area is 153 Å². The first kappa shape index (κ1) is 16.5. The van der Waals surface area contributed by atoms with E-state index in [1.54, 1.807) is 6.07 Å². The zero-order chi connectivity index (χ0) is 18.4. The molecule has 0 bridgehead atoms. The van der Waals surface area contributed by atoms with Gasteiger partial charge in [0.1, 0.15) is 17.1 Å². The molecule has 4 aromatic rings. The topological polar surface area (TPSA) is 8.81 Å². The zero-order valence-corrected chi connectivity index (χ0v) is 15.5. The Hall–Kier alpha value is -2.94. The minimum atomic E-state index is -0.198. The maximum atomic E-state index is 14.9. The van der Waals surface area contributed by atoms with Crippen molar-refractivity contribution in [3.05, 3.63) is 83.2 Å². The average molecular weight is 345 g/mol. The van der Waals surface area contributed by atoms with E-state index in [2.05, 4.69) is 53.3 Å². The third-order valence-electron chi connectivity index (χ3n) is 5.12. The molecular formula is C23H22FN2+. The van der Waals surface area contributed by atoms with Crippen LogP contribution >= 0.6 is 0 Å². The van der Waals surface area contributed by atoms with Crippen LogP contribution in [-0.2, 0) is 7.05 Å². The lowest BCUT2D eigenvalue weighted by Crippen LogP contribution is -2.31. The van der Waals surface area contributed by atoms with Crippen LogP contribution in [-0.4, -0.2) is 4.57 Å². The zero-order valence-electron chi connectivity index (χ0n) is 15.5. The second-order valence-electron chi connectivity index (χ2n) is 6.88. The van der Waals surface area contributed by atoms with Crippen molar-refractivity contribution in [2.24, 2.45) is 7.05 Å². The number of hydrogen-bond donors (Lipinski definition) is 0. The Kier molecular flexibility index (Phi) is 3.87. The lowest BCUT2D eigenvalue weighted by atomic mass is 10.1. The summed E-state index contributed by atoms with van der Waals surface area (Å²) in [6.07, 6.45) is 0. The monoisotopic (exact) mass is 345 g/mol. The first-order valence-corrected chi connectivity index (χ1v) is 8.82. The highest BCUT2D eigenvalue weighted by atomic mass is 19.1. The van der Waals surface area contributed by atoms with Crippen molar-refractivity contribution >= 4 is 11.0 Å². The molecule has 0 unspecified atom stereocenters. The Morgan fingerprint density at radius 2 is 1.38 bits per heavy atom. The summed E-state index contributed by atoms with van der Waals surface area (Å²) < 4.78 is 19.2. The van der Waals surface area contributed by atoms with Gasteiger partial charge in [0.15, 0.2) is 11.0 Å². The van der Waals surface area contributed by atoms with E-state index in [4.69, 9.17) is 0 Å². The molecule has 0 saturated heterocycles. The van der Waals surface area contributed by atoms with E-state index in [0.717, 1.165) is 28.1 Å². The van der Waals surface area contributed by atoms with Crippen molar-refractivity contribution in [1.82, 2.24) is 4.57 Å². The fraction of sp³-hybridized carbons (Fsp3) is 0.174. The van der Waals surface area contributed by atoms with Gasteiger partial charge in [-0.05, 0) is 55.7 Å².